The molecule has 4 heteroatoms. The second kappa shape index (κ2) is 4.74. The van der Waals surface area contributed by atoms with Crippen LogP contribution in [0.15, 0.2) is 55.0 Å². The minimum absolute atomic E-state index is 0.256. The van der Waals surface area contributed by atoms with E-state index in [1.54, 1.807) is 24.7 Å². The lowest BCUT2D eigenvalue weighted by Crippen LogP contribution is -2.15. The van der Waals surface area contributed by atoms with Gasteiger partial charge in [-0.3, -0.25) is 9.97 Å². The van der Waals surface area contributed by atoms with Gasteiger partial charge < -0.3 is 5.73 Å². The number of nitrogens with zero attached hydrogens (tertiary/aromatic N) is 2. The van der Waals surface area contributed by atoms with Crippen LogP contribution in [-0.2, 0) is 0 Å². The first-order chi connectivity index (χ1) is 9.27. The average molecular weight is 253 g/mol. The Kier molecular flexibility index (Phi) is 2.93. The quantitative estimate of drug-likeness (QED) is 0.764. The molecule has 0 amide bonds. The summed E-state index contributed by atoms with van der Waals surface area (Å²) in [5.41, 5.74) is 7.26. The Balaban J connectivity index is 2.17. The van der Waals surface area contributed by atoms with E-state index in [9.17, 15) is 4.39 Å². The summed E-state index contributed by atoms with van der Waals surface area (Å²) in [6.45, 7) is 0. The maximum absolute atomic E-state index is 13.8. The van der Waals surface area contributed by atoms with Gasteiger partial charge in [0.25, 0.3) is 0 Å². The van der Waals surface area contributed by atoms with Crippen LogP contribution >= 0.6 is 0 Å². The molecule has 2 N–H and O–H groups in total. The van der Waals surface area contributed by atoms with E-state index in [1.165, 1.54) is 6.07 Å². The van der Waals surface area contributed by atoms with E-state index in [1.807, 2.05) is 24.3 Å². The van der Waals surface area contributed by atoms with Crippen LogP contribution in [0.3, 0.4) is 0 Å². The van der Waals surface area contributed by atoms with Crippen LogP contribution < -0.4 is 5.73 Å². The predicted molar refractivity (Wildman–Crippen MR) is 72.0 cm³/mol. The van der Waals surface area contributed by atoms with Crippen molar-refractivity contribution in [3.8, 4) is 0 Å². The van der Waals surface area contributed by atoms with Crippen molar-refractivity contribution in [3.63, 3.8) is 0 Å². The molecule has 0 aliphatic rings. The van der Waals surface area contributed by atoms with E-state index >= 15 is 0 Å². The summed E-state index contributed by atoms with van der Waals surface area (Å²) in [6.07, 6.45) is 5.01. The molecule has 19 heavy (non-hydrogen) atoms. The highest BCUT2D eigenvalue weighted by atomic mass is 19.1. The summed E-state index contributed by atoms with van der Waals surface area (Å²) in [6, 6.07) is 9.94. The first-order valence-electron chi connectivity index (χ1n) is 5.96. The Bertz CT molecular complexity index is 722. The highest BCUT2D eigenvalue weighted by molar-refractivity contribution is 5.85. The van der Waals surface area contributed by atoms with Crippen molar-refractivity contribution in [3.05, 3.63) is 72.1 Å². The largest absolute Gasteiger partial charge is 0.319 e. The highest BCUT2D eigenvalue weighted by Gasteiger charge is 2.16. The molecule has 3 nitrogen and oxygen atoms in total. The molecule has 0 radical (unpaired) electrons. The molecule has 2 aromatic heterocycles. The van der Waals surface area contributed by atoms with Crippen LogP contribution in [0.1, 0.15) is 17.3 Å². The Morgan fingerprint density at radius 2 is 1.95 bits per heavy atom. The van der Waals surface area contributed by atoms with Gasteiger partial charge in [0.15, 0.2) is 0 Å². The summed E-state index contributed by atoms with van der Waals surface area (Å²) >= 11 is 0. The predicted octanol–water partition coefficient (Wildman–Crippen LogP) is 2.82. The van der Waals surface area contributed by atoms with Crippen molar-refractivity contribution in [1.29, 1.82) is 0 Å². The lowest BCUT2D eigenvalue weighted by molar-refractivity contribution is 0.587. The summed E-state index contributed by atoms with van der Waals surface area (Å²) in [7, 11) is 0. The third kappa shape index (κ3) is 2.06. The SMILES string of the molecule is NC(c1ncccc1F)c1cccc2cnccc12. The molecule has 0 aliphatic carbocycles. The zero-order valence-electron chi connectivity index (χ0n) is 10.1. The lowest BCUT2D eigenvalue weighted by atomic mass is 9.98. The van der Waals surface area contributed by atoms with Gasteiger partial charge in [-0.25, -0.2) is 4.39 Å². The van der Waals surface area contributed by atoms with E-state index in [2.05, 4.69) is 9.97 Å². The van der Waals surface area contributed by atoms with Crippen LogP contribution in [0.2, 0.25) is 0 Å². The first kappa shape index (κ1) is 11.7. The third-order valence-electron chi connectivity index (χ3n) is 3.13. The van der Waals surface area contributed by atoms with Crippen molar-refractivity contribution >= 4 is 10.8 Å². The number of nitrogens with two attached hydrogens (primary N) is 1. The maximum Gasteiger partial charge on any atom is 0.146 e. The molecule has 3 aromatic rings. The summed E-state index contributed by atoms with van der Waals surface area (Å²) < 4.78 is 13.8. The molecular formula is C15H12FN3. The van der Waals surface area contributed by atoms with Crippen LogP contribution in [-0.4, -0.2) is 9.97 Å². The molecule has 3 rings (SSSR count). The standard InChI is InChI=1S/C15H12FN3/c16-13-5-2-7-19-15(13)14(17)12-4-1-3-10-9-18-8-6-11(10)12/h1-9,14H,17H2. The molecule has 2 heterocycles. The van der Waals surface area contributed by atoms with Crippen molar-refractivity contribution in [1.82, 2.24) is 9.97 Å². The normalized spacial score (nSPS) is 12.5. The zero-order chi connectivity index (χ0) is 13.2. The van der Waals surface area contributed by atoms with Gasteiger partial charge in [0.1, 0.15) is 5.82 Å². The summed E-state index contributed by atoms with van der Waals surface area (Å²) in [5, 5.41) is 1.95. The van der Waals surface area contributed by atoms with E-state index < -0.39 is 6.04 Å². The molecular weight excluding hydrogens is 241 g/mol. The molecule has 0 saturated carbocycles. The number of benzene rings is 1. The zero-order valence-corrected chi connectivity index (χ0v) is 10.1. The minimum atomic E-state index is -0.590. The van der Waals surface area contributed by atoms with E-state index in [-0.39, 0.29) is 11.5 Å². The second-order valence-electron chi connectivity index (χ2n) is 4.29. The number of halogens is 1. The summed E-state index contributed by atoms with van der Waals surface area (Å²) in [4.78, 5) is 8.12. The van der Waals surface area contributed by atoms with Crippen molar-refractivity contribution < 1.29 is 4.39 Å². The van der Waals surface area contributed by atoms with Gasteiger partial charge in [-0.15, -0.1) is 0 Å². The van der Waals surface area contributed by atoms with Crippen LogP contribution in [0.4, 0.5) is 4.39 Å². The van der Waals surface area contributed by atoms with Crippen molar-refractivity contribution in [2.75, 3.05) is 0 Å². The van der Waals surface area contributed by atoms with Crippen LogP contribution in [0, 0.1) is 5.82 Å². The smallest absolute Gasteiger partial charge is 0.146 e. The first-order valence-corrected chi connectivity index (χ1v) is 5.96. The number of aromatic nitrogens is 2. The van der Waals surface area contributed by atoms with Gasteiger partial charge in [-0.05, 0) is 29.1 Å². The fourth-order valence-corrected chi connectivity index (χ4v) is 2.19. The van der Waals surface area contributed by atoms with Crippen LogP contribution in [0.25, 0.3) is 10.8 Å². The van der Waals surface area contributed by atoms with Gasteiger partial charge in [-0.2, -0.15) is 0 Å². The maximum atomic E-state index is 13.8. The number of hydrogen-bond acceptors (Lipinski definition) is 3. The van der Waals surface area contributed by atoms with E-state index in [4.69, 9.17) is 5.73 Å². The van der Waals surface area contributed by atoms with Gasteiger partial charge in [0.05, 0.1) is 11.7 Å². The highest BCUT2D eigenvalue weighted by Crippen LogP contribution is 2.26. The number of rotatable bonds is 2. The molecule has 0 fully saturated rings. The van der Waals surface area contributed by atoms with Crippen molar-refractivity contribution in [2.24, 2.45) is 5.73 Å². The number of pyridine rings is 2. The lowest BCUT2D eigenvalue weighted by Gasteiger charge is -2.14. The van der Waals surface area contributed by atoms with Crippen molar-refractivity contribution in [2.45, 2.75) is 6.04 Å². The summed E-state index contributed by atoms with van der Waals surface area (Å²) in [5.74, 6) is -0.388. The number of hydrogen-bond donors (Lipinski definition) is 1. The fraction of sp³-hybridized carbons (Fsp3) is 0.0667. The monoisotopic (exact) mass is 253 g/mol. The molecule has 1 atom stereocenters. The Morgan fingerprint density at radius 3 is 2.79 bits per heavy atom. The third-order valence-corrected chi connectivity index (χ3v) is 3.13. The Labute approximate surface area is 109 Å². The molecule has 0 saturated heterocycles. The number of fused-ring (bicyclic) bond motifs is 1. The van der Waals surface area contributed by atoms with Gasteiger partial charge in [-0.1, -0.05) is 18.2 Å². The molecule has 0 aliphatic heterocycles. The fourth-order valence-electron chi connectivity index (χ4n) is 2.19. The Morgan fingerprint density at radius 1 is 1.05 bits per heavy atom. The average Bonchev–Trinajstić information content (AvgIpc) is 2.46. The second-order valence-corrected chi connectivity index (χ2v) is 4.29. The topological polar surface area (TPSA) is 51.8 Å². The van der Waals surface area contributed by atoms with E-state index in [0.29, 0.717) is 0 Å². The Hall–Kier alpha value is -2.33. The molecule has 0 bridgehead atoms. The van der Waals surface area contributed by atoms with Gasteiger partial charge in [0, 0.05) is 24.0 Å². The van der Waals surface area contributed by atoms with E-state index in [0.717, 1.165) is 16.3 Å². The van der Waals surface area contributed by atoms with Gasteiger partial charge >= 0.3 is 0 Å². The molecule has 94 valence electrons. The molecule has 1 unspecified atom stereocenters. The molecule has 1 aromatic carbocycles. The molecule has 0 spiro atoms. The van der Waals surface area contributed by atoms with Gasteiger partial charge in [0.2, 0.25) is 0 Å². The minimum Gasteiger partial charge on any atom is -0.319 e. The van der Waals surface area contributed by atoms with Crippen LogP contribution in [0.5, 0.6) is 0 Å².